The topological polar surface area (TPSA) is 50.4 Å². The Balaban J connectivity index is 0.00000220. The van der Waals surface area contributed by atoms with Gasteiger partial charge in [-0.2, -0.15) is 0 Å². The second kappa shape index (κ2) is 8.32. The molecule has 0 aromatic heterocycles. The van der Waals surface area contributed by atoms with Gasteiger partial charge in [-0.1, -0.05) is 12.1 Å². The number of carbonyl (C=O) groups excluding carboxylic acids is 1. The summed E-state index contributed by atoms with van der Waals surface area (Å²) < 4.78 is 19.0. The van der Waals surface area contributed by atoms with Crippen molar-refractivity contribution in [2.75, 3.05) is 19.7 Å². The molecule has 2 rings (SSSR count). The molecule has 4 nitrogen and oxygen atoms in total. The molecule has 1 aromatic carbocycles. The predicted molar refractivity (Wildman–Crippen MR) is 82.2 cm³/mol. The van der Waals surface area contributed by atoms with Crippen LogP contribution >= 0.6 is 12.4 Å². The maximum Gasteiger partial charge on any atom is 0.223 e. The standard InChI is InChI=1S/C15H21FN2O2.ClH/c1-10-3-4-12(7-14(10)16)11(2)18-15(19)8-13-9-17-5-6-20-13;/h3-4,7,11,13,17H,5-6,8-9H2,1-2H3,(H,18,19);1H. The molecule has 6 heteroatoms. The van der Waals surface area contributed by atoms with Crippen LogP contribution in [0.25, 0.3) is 0 Å². The lowest BCUT2D eigenvalue weighted by molar-refractivity contribution is -0.125. The highest BCUT2D eigenvalue weighted by molar-refractivity contribution is 5.85. The third kappa shape index (κ3) is 5.26. The van der Waals surface area contributed by atoms with Crippen molar-refractivity contribution in [3.63, 3.8) is 0 Å². The first-order valence-corrected chi connectivity index (χ1v) is 6.94. The number of hydrogen-bond donors (Lipinski definition) is 2. The Bertz CT molecular complexity index is 479. The molecular weight excluding hydrogens is 295 g/mol. The molecule has 2 N–H and O–H groups in total. The van der Waals surface area contributed by atoms with E-state index in [1.165, 1.54) is 6.07 Å². The third-order valence-electron chi connectivity index (χ3n) is 3.49. The quantitative estimate of drug-likeness (QED) is 0.894. The van der Waals surface area contributed by atoms with E-state index in [1.807, 2.05) is 13.0 Å². The molecule has 0 spiro atoms. The lowest BCUT2D eigenvalue weighted by Crippen LogP contribution is -2.41. The van der Waals surface area contributed by atoms with E-state index in [2.05, 4.69) is 10.6 Å². The van der Waals surface area contributed by atoms with Crippen LogP contribution in [0.15, 0.2) is 18.2 Å². The fourth-order valence-corrected chi connectivity index (χ4v) is 2.22. The summed E-state index contributed by atoms with van der Waals surface area (Å²) in [6, 6.07) is 4.82. The number of benzene rings is 1. The number of morpholine rings is 1. The van der Waals surface area contributed by atoms with Gasteiger partial charge < -0.3 is 15.4 Å². The van der Waals surface area contributed by atoms with E-state index >= 15 is 0 Å². The summed E-state index contributed by atoms with van der Waals surface area (Å²) in [6.07, 6.45) is 0.247. The number of carbonyl (C=O) groups is 1. The van der Waals surface area contributed by atoms with E-state index in [4.69, 9.17) is 4.74 Å². The summed E-state index contributed by atoms with van der Waals surface area (Å²) in [6.45, 7) is 5.73. The Morgan fingerprint density at radius 1 is 1.57 bits per heavy atom. The van der Waals surface area contributed by atoms with Gasteiger partial charge in [-0.3, -0.25) is 4.79 Å². The summed E-state index contributed by atoms with van der Waals surface area (Å²) in [4.78, 5) is 11.9. The highest BCUT2D eigenvalue weighted by Gasteiger charge is 2.19. The molecule has 1 fully saturated rings. The van der Waals surface area contributed by atoms with Gasteiger partial charge in [0.1, 0.15) is 5.82 Å². The molecule has 0 saturated carbocycles. The van der Waals surface area contributed by atoms with Crippen molar-refractivity contribution in [3.05, 3.63) is 35.1 Å². The van der Waals surface area contributed by atoms with Crippen LogP contribution in [0.2, 0.25) is 0 Å². The number of nitrogens with one attached hydrogen (secondary N) is 2. The molecule has 1 aromatic rings. The van der Waals surface area contributed by atoms with Crippen LogP contribution in [0.3, 0.4) is 0 Å². The molecule has 1 amide bonds. The highest BCUT2D eigenvalue weighted by Crippen LogP contribution is 2.16. The van der Waals surface area contributed by atoms with E-state index in [-0.39, 0.29) is 36.3 Å². The number of ether oxygens (including phenoxy) is 1. The second-order valence-electron chi connectivity index (χ2n) is 5.20. The Morgan fingerprint density at radius 2 is 2.33 bits per heavy atom. The average molecular weight is 317 g/mol. The number of aryl methyl sites for hydroxylation is 1. The van der Waals surface area contributed by atoms with Crippen molar-refractivity contribution >= 4 is 18.3 Å². The van der Waals surface area contributed by atoms with Crippen molar-refractivity contribution in [2.24, 2.45) is 0 Å². The van der Waals surface area contributed by atoms with E-state index < -0.39 is 0 Å². The van der Waals surface area contributed by atoms with E-state index in [1.54, 1.807) is 13.0 Å². The predicted octanol–water partition coefficient (Wildman–Crippen LogP) is 2.11. The normalized spacial score (nSPS) is 19.5. The van der Waals surface area contributed by atoms with Gasteiger partial charge in [0.05, 0.1) is 25.2 Å². The molecule has 21 heavy (non-hydrogen) atoms. The molecule has 0 aliphatic carbocycles. The van der Waals surface area contributed by atoms with Gasteiger partial charge in [0, 0.05) is 13.1 Å². The first kappa shape index (κ1) is 17.9. The number of hydrogen-bond acceptors (Lipinski definition) is 3. The van der Waals surface area contributed by atoms with Crippen molar-refractivity contribution in [1.29, 1.82) is 0 Å². The van der Waals surface area contributed by atoms with Crippen molar-refractivity contribution < 1.29 is 13.9 Å². The summed E-state index contributed by atoms with van der Waals surface area (Å²) in [5.74, 6) is -0.324. The van der Waals surface area contributed by atoms with Crippen LogP contribution in [-0.2, 0) is 9.53 Å². The zero-order chi connectivity index (χ0) is 14.5. The molecule has 2 atom stereocenters. The number of halogens is 2. The van der Waals surface area contributed by atoms with Gasteiger partial charge >= 0.3 is 0 Å². The van der Waals surface area contributed by atoms with Crippen LogP contribution in [-0.4, -0.2) is 31.7 Å². The summed E-state index contributed by atoms with van der Waals surface area (Å²) in [5, 5.41) is 6.06. The molecule has 0 bridgehead atoms. The molecule has 1 heterocycles. The highest BCUT2D eigenvalue weighted by atomic mass is 35.5. The average Bonchev–Trinajstić information content (AvgIpc) is 2.42. The molecule has 1 aliphatic rings. The Labute approximate surface area is 130 Å². The largest absolute Gasteiger partial charge is 0.375 e. The maximum atomic E-state index is 13.5. The fraction of sp³-hybridized carbons (Fsp3) is 0.533. The molecular formula is C15H22ClFN2O2. The van der Waals surface area contributed by atoms with Gasteiger partial charge in [-0.05, 0) is 31.0 Å². The monoisotopic (exact) mass is 316 g/mol. The first-order valence-electron chi connectivity index (χ1n) is 6.94. The van der Waals surface area contributed by atoms with Gasteiger partial charge in [0.15, 0.2) is 0 Å². The van der Waals surface area contributed by atoms with Crippen LogP contribution in [0, 0.1) is 12.7 Å². The summed E-state index contributed by atoms with van der Waals surface area (Å²) in [7, 11) is 0. The minimum Gasteiger partial charge on any atom is -0.375 e. The molecule has 0 radical (unpaired) electrons. The minimum absolute atomic E-state index is 0. The molecule has 1 aliphatic heterocycles. The van der Waals surface area contributed by atoms with Crippen molar-refractivity contribution in [3.8, 4) is 0 Å². The summed E-state index contributed by atoms with van der Waals surface area (Å²) >= 11 is 0. The molecule has 2 unspecified atom stereocenters. The lowest BCUT2D eigenvalue weighted by atomic mass is 10.1. The zero-order valence-corrected chi connectivity index (χ0v) is 13.1. The van der Waals surface area contributed by atoms with E-state index in [0.717, 1.165) is 12.1 Å². The summed E-state index contributed by atoms with van der Waals surface area (Å²) in [5.41, 5.74) is 1.37. The lowest BCUT2D eigenvalue weighted by Gasteiger charge is -2.24. The van der Waals surface area contributed by atoms with Crippen LogP contribution in [0.4, 0.5) is 4.39 Å². The van der Waals surface area contributed by atoms with Crippen LogP contribution in [0.1, 0.15) is 30.5 Å². The Hall–Kier alpha value is -1.17. The van der Waals surface area contributed by atoms with Crippen LogP contribution < -0.4 is 10.6 Å². The number of rotatable bonds is 4. The number of amides is 1. The van der Waals surface area contributed by atoms with Gasteiger partial charge in [-0.25, -0.2) is 4.39 Å². The first-order chi connectivity index (χ1) is 9.56. The Morgan fingerprint density at radius 3 is 2.95 bits per heavy atom. The third-order valence-corrected chi connectivity index (χ3v) is 3.49. The fourth-order valence-electron chi connectivity index (χ4n) is 2.22. The maximum absolute atomic E-state index is 13.5. The smallest absolute Gasteiger partial charge is 0.223 e. The van der Waals surface area contributed by atoms with Crippen molar-refractivity contribution in [1.82, 2.24) is 10.6 Å². The van der Waals surface area contributed by atoms with Crippen LogP contribution in [0.5, 0.6) is 0 Å². The van der Waals surface area contributed by atoms with Gasteiger partial charge in [0.2, 0.25) is 5.91 Å². The second-order valence-corrected chi connectivity index (χ2v) is 5.20. The SMILES string of the molecule is Cc1ccc(C(C)NC(=O)CC2CNCCO2)cc1F.Cl. The van der Waals surface area contributed by atoms with Gasteiger partial charge in [-0.15, -0.1) is 12.4 Å². The minimum atomic E-state index is -0.247. The molecule has 118 valence electrons. The zero-order valence-electron chi connectivity index (χ0n) is 12.3. The van der Waals surface area contributed by atoms with Gasteiger partial charge in [0.25, 0.3) is 0 Å². The van der Waals surface area contributed by atoms with Crippen molar-refractivity contribution in [2.45, 2.75) is 32.4 Å². The van der Waals surface area contributed by atoms with E-state index in [9.17, 15) is 9.18 Å². The molecule has 1 saturated heterocycles. The Kier molecular flexibility index (Phi) is 7.08. The van der Waals surface area contributed by atoms with E-state index in [0.29, 0.717) is 25.1 Å².